The van der Waals surface area contributed by atoms with E-state index in [0.29, 0.717) is 11.0 Å². The summed E-state index contributed by atoms with van der Waals surface area (Å²) in [5.74, 6) is -0.887. The van der Waals surface area contributed by atoms with Crippen LogP contribution < -0.4 is 5.73 Å². The number of hydrogen-bond acceptors (Lipinski definition) is 5. The van der Waals surface area contributed by atoms with Gasteiger partial charge in [0.1, 0.15) is 32.2 Å². The van der Waals surface area contributed by atoms with Crippen LogP contribution in [0.3, 0.4) is 0 Å². The van der Waals surface area contributed by atoms with Crippen LogP contribution in [-0.2, 0) is 15.4 Å². The van der Waals surface area contributed by atoms with Crippen LogP contribution in [0.4, 0.5) is 4.39 Å². The number of aromatic nitrogens is 1. The van der Waals surface area contributed by atoms with Gasteiger partial charge in [-0.1, -0.05) is 19.8 Å². The predicted octanol–water partition coefficient (Wildman–Crippen LogP) is 2.93. The number of nitrogens with two attached hydrogens (primary N) is 1. The summed E-state index contributed by atoms with van der Waals surface area (Å²) in [5, 5.41) is 0. The summed E-state index contributed by atoms with van der Waals surface area (Å²) in [7, 11) is -3.61. The summed E-state index contributed by atoms with van der Waals surface area (Å²) in [6.07, 6.45) is 2.00. The molecule has 2 heterocycles. The summed E-state index contributed by atoms with van der Waals surface area (Å²) < 4.78 is 39.2. The van der Waals surface area contributed by atoms with E-state index in [1.165, 1.54) is 12.1 Å². The molecule has 1 aliphatic heterocycles. The molecule has 1 aliphatic rings. The van der Waals surface area contributed by atoms with Crippen LogP contribution in [0.2, 0.25) is 0 Å². The van der Waals surface area contributed by atoms with Crippen molar-refractivity contribution in [3.05, 3.63) is 28.2 Å². The van der Waals surface area contributed by atoms with Crippen LogP contribution in [0.1, 0.15) is 45.7 Å². The van der Waals surface area contributed by atoms with Crippen LogP contribution in [0, 0.1) is 5.82 Å². The highest BCUT2D eigenvalue weighted by molar-refractivity contribution is 9.10. The van der Waals surface area contributed by atoms with Gasteiger partial charge in [-0.25, -0.2) is 17.8 Å². The first-order valence-corrected chi connectivity index (χ1v) is 9.91. The highest BCUT2D eigenvalue weighted by atomic mass is 79.9. The normalized spacial score (nSPS) is 30.0. The molecule has 0 amide bonds. The lowest BCUT2D eigenvalue weighted by Crippen LogP contribution is -2.56. The van der Waals surface area contributed by atoms with Crippen LogP contribution in [0.5, 0.6) is 0 Å². The number of halogens is 2. The first-order valence-electron chi connectivity index (χ1n) is 7.46. The Balaban J connectivity index is 2.58. The number of pyridine rings is 1. The maximum atomic E-state index is 14.2. The zero-order valence-electron chi connectivity index (χ0n) is 13.4. The molecule has 0 bridgehead atoms. The van der Waals surface area contributed by atoms with Crippen molar-refractivity contribution in [2.24, 2.45) is 10.7 Å². The molecule has 0 saturated heterocycles. The number of sulfone groups is 1. The van der Waals surface area contributed by atoms with Gasteiger partial charge in [-0.05, 0) is 48.3 Å². The lowest BCUT2D eigenvalue weighted by atomic mass is 9.96. The second-order valence-corrected chi connectivity index (χ2v) is 9.56. The molecule has 0 fully saturated rings. The predicted molar refractivity (Wildman–Crippen MR) is 92.6 cm³/mol. The summed E-state index contributed by atoms with van der Waals surface area (Å²) in [6, 6.07) is 2.69. The molecule has 0 spiro atoms. The maximum absolute atomic E-state index is 14.2. The molecule has 5 nitrogen and oxygen atoms in total. The van der Waals surface area contributed by atoms with Gasteiger partial charge >= 0.3 is 0 Å². The fourth-order valence-electron chi connectivity index (χ4n) is 2.82. The number of amidine groups is 1. The van der Waals surface area contributed by atoms with Crippen molar-refractivity contribution in [2.45, 2.75) is 50.3 Å². The van der Waals surface area contributed by atoms with E-state index in [-0.39, 0.29) is 17.3 Å². The fraction of sp³-hybridized carbons (Fsp3) is 0.600. The molecule has 23 heavy (non-hydrogen) atoms. The van der Waals surface area contributed by atoms with Gasteiger partial charge in [-0.15, -0.1) is 0 Å². The summed E-state index contributed by atoms with van der Waals surface area (Å²) in [4.78, 5) is 8.47. The van der Waals surface area contributed by atoms with E-state index in [4.69, 9.17) is 5.73 Å². The third kappa shape index (κ3) is 3.15. The quantitative estimate of drug-likeness (QED) is 0.780. The van der Waals surface area contributed by atoms with E-state index in [1.54, 1.807) is 13.8 Å². The SMILES string of the molecule is CCCCC1(C)C(N)=NC(C)(c2nc(Br)ccc2F)CS1(=O)=O. The number of hydrogen-bond donors (Lipinski definition) is 1. The van der Waals surface area contributed by atoms with Crippen molar-refractivity contribution >= 4 is 31.6 Å². The number of unbranched alkanes of at least 4 members (excludes halogenated alkanes) is 1. The first kappa shape index (κ1) is 18.3. The van der Waals surface area contributed by atoms with Gasteiger partial charge in [0.15, 0.2) is 9.84 Å². The third-order valence-corrected chi connectivity index (χ3v) is 7.57. The van der Waals surface area contributed by atoms with Crippen molar-refractivity contribution < 1.29 is 12.8 Å². The molecule has 1 aromatic heterocycles. The molecule has 0 aliphatic carbocycles. The second-order valence-electron chi connectivity index (χ2n) is 6.33. The third-order valence-electron chi connectivity index (χ3n) is 4.40. The van der Waals surface area contributed by atoms with Crippen LogP contribution in [0.15, 0.2) is 21.7 Å². The van der Waals surface area contributed by atoms with E-state index in [1.807, 2.05) is 6.92 Å². The summed E-state index contributed by atoms with van der Waals surface area (Å²) in [6.45, 7) is 5.13. The van der Waals surface area contributed by atoms with Gasteiger partial charge in [-0.3, -0.25) is 4.99 Å². The Morgan fingerprint density at radius 2 is 2.04 bits per heavy atom. The second kappa shape index (κ2) is 6.12. The number of aliphatic imine (C=N–C) groups is 1. The average Bonchev–Trinajstić information content (AvgIpc) is 2.45. The van der Waals surface area contributed by atoms with Gasteiger partial charge in [-0.2, -0.15) is 0 Å². The smallest absolute Gasteiger partial charge is 0.165 e. The van der Waals surface area contributed by atoms with Crippen molar-refractivity contribution in [3.63, 3.8) is 0 Å². The highest BCUT2D eigenvalue weighted by Gasteiger charge is 2.52. The maximum Gasteiger partial charge on any atom is 0.165 e. The van der Waals surface area contributed by atoms with Gasteiger partial charge < -0.3 is 5.73 Å². The molecule has 2 rings (SSSR count). The Morgan fingerprint density at radius 1 is 1.39 bits per heavy atom. The zero-order valence-corrected chi connectivity index (χ0v) is 15.8. The Labute approximate surface area is 144 Å². The minimum atomic E-state index is -3.61. The van der Waals surface area contributed by atoms with E-state index in [2.05, 4.69) is 25.9 Å². The molecule has 2 unspecified atom stereocenters. The van der Waals surface area contributed by atoms with Crippen LogP contribution in [-0.4, -0.2) is 29.7 Å². The molecule has 2 atom stereocenters. The topological polar surface area (TPSA) is 85.4 Å². The van der Waals surface area contributed by atoms with Gasteiger partial charge in [0, 0.05) is 0 Å². The van der Waals surface area contributed by atoms with Crippen molar-refractivity contribution in [1.82, 2.24) is 4.98 Å². The van der Waals surface area contributed by atoms with Gasteiger partial charge in [0.05, 0.1) is 5.75 Å². The molecule has 8 heteroatoms. The van der Waals surface area contributed by atoms with Crippen molar-refractivity contribution in [1.29, 1.82) is 0 Å². The Morgan fingerprint density at radius 3 is 2.61 bits per heavy atom. The molecule has 0 radical (unpaired) electrons. The lowest BCUT2D eigenvalue weighted by molar-refractivity contribution is 0.451. The van der Waals surface area contributed by atoms with E-state index in [0.717, 1.165) is 12.8 Å². The Hall–Kier alpha value is -1.02. The minimum Gasteiger partial charge on any atom is -0.386 e. The fourth-order valence-corrected chi connectivity index (χ4v) is 5.21. The van der Waals surface area contributed by atoms with Crippen molar-refractivity contribution in [3.8, 4) is 0 Å². The molecular weight excluding hydrogens is 385 g/mol. The van der Waals surface area contributed by atoms with Crippen LogP contribution in [0.25, 0.3) is 0 Å². The highest BCUT2D eigenvalue weighted by Crippen LogP contribution is 2.39. The molecule has 0 saturated carbocycles. The molecular formula is C15H21BrFN3O2S. The van der Waals surface area contributed by atoms with E-state index >= 15 is 0 Å². The molecule has 1 aromatic rings. The van der Waals surface area contributed by atoms with Gasteiger partial charge in [0.2, 0.25) is 0 Å². The number of nitrogens with zero attached hydrogens (tertiary/aromatic N) is 2. The Kier molecular flexibility index (Phi) is 4.88. The standard InChI is InChI=1S/C15H21BrFN3O2S/c1-4-5-8-15(3)13(18)20-14(2,9-23(15,21)22)12-10(17)6-7-11(16)19-12/h6-7H,4-5,8-9H2,1-3H3,(H2,18,20). The van der Waals surface area contributed by atoms with Crippen LogP contribution >= 0.6 is 15.9 Å². The lowest BCUT2D eigenvalue weighted by Gasteiger charge is -2.39. The van der Waals surface area contributed by atoms with Gasteiger partial charge in [0.25, 0.3) is 0 Å². The minimum absolute atomic E-state index is 0.0176. The first-order chi connectivity index (χ1) is 10.6. The molecule has 2 N–H and O–H groups in total. The molecule has 128 valence electrons. The van der Waals surface area contributed by atoms with E-state index in [9.17, 15) is 12.8 Å². The average molecular weight is 406 g/mol. The zero-order chi connectivity index (χ0) is 17.5. The summed E-state index contributed by atoms with van der Waals surface area (Å²) in [5.41, 5.74) is 4.69. The number of rotatable bonds is 4. The van der Waals surface area contributed by atoms with E-state index < -0.39 is 25.9 Å². The summed E-state index contributed by atoms with van der Waals surface area (Å²) >= 11 is 3.18. The Bertz CT molecular complexity index is 753. The largest absolute Gasteiger partial charge is 0.386 e. The monoisotopic (exact) mass is 405 g/mol. The molecule has 0 aromatic carbocycles. The van der Waals surface area contributed by atoms with Crippen molar-refractivity contribution in [2.75, 3.05) is 5.75 Å².